The van der Waals surface area contributed by atoms with Crippen LogP contribution in [0, 0.1) is 0 Å². The molecule has 4 heteroatoms. The molecule has 1 aromatic heterocycles. The smallest absolute Gasteiger partial charge is 0.257 e. The van der Waals surface area contributed by atoms with Crippen LogP contribution in [0.3, 0.4) is 0 Å². The van der Waals surface area contributed by atoms with Crippen molar-refractivity contribution in [3.63, 3.8) is 0 Å². The fourth-order valence-corrected chi connectivity index (χ4v) is 2.60. The number of rotatable bonds is 1. The lowest BCUT2D eigenvalue weighted by molar-refractivity contribution is 0.0350. The van der Waals surface area contributed by atoms with Crippen molar-refractivity contribution in [2.45, 2.75) is 25.4 Å². The van der Waals surface area contributed by atoms with Crippen molar-refractivity contribution in [3.8, 4) is 0 Å². The minimum Gasteiger partial charge on any atom is -0.390 e. The third-order valence-corrected chi connectivity index (χ3v) is 3.92. The van der Waals surface area contributed by atoms with Gasteiger partial charge in [-0.1, -0.05) is 18.2 Å². The SMILES string of the molecule is CC1(O)CCN(c2cc3ccccc3c(=O)[nH]2)CC1. The van der Waals surface area contributed by atoms with Gasteiger partial charge in [0.05, 0.1) is 5.60 Å². The first kappa shape index (κ1) is 12.2. The van der Waals surface area contributed by atoms with Crippen molar-refractivity contribution in [3.05, 3.63) is 40.7 Å². The largest absolute Gasteiger partial charge is 0.390 e. The molecule has 2 N–H and O–H groups in total. The van der Waals surface area contributed by atoms with Crippen molar-refractivity contribution in [2.24, 2.45) is 0 Å². The summed E-state index contributed by atoms with van der Waals surface area (Å²) >= 11 is 0. The van der Waals surface area contributed by atoms with Crippen LogP contribution in [0.4, 0.5) is 5.82 Å². The molecule has 0 aliphatic carbocycles. The van der Waals surface area contributed by atoms with Gasteiger partial charge in [0, 0.05) is 18.5 Å². The van der Waals surface area contributed by atoms with E-state index in [1.54, 1.807) is 0 Å². The molecule has 3 rings (SSSR count). The molecular formula is C15H18N2O2. The lowest BCUT2D eigenvalue weighted by atomic mass is 9.94. The Morgan fingerprint density at radius 1 is 1.26 bits per heavy atom. The lowest BCUT2D eigenvalue weighted by Crippen LogP contribution is -2.43. The Hall–Kier alpha value is -1.81. The van der Waals surface area contributed by atoms with Crippen LogP contribution in [0.25, 0.3) is 10.8 Å². The molecular weight excluding hydrogens is 240 g/mol. The van der Waals surface area contributed by atoms with Gasteiger partial charge in [-0.2, -0.15) is 0 Å². The molecule has 1 aliphatic heterocycles. The summed E-state index contributed by atoms with van der Waals surface area (Å²) in [6, 6.07) is 9.60. The summed E-state index contributed by atoms with van der Waals surface area (Å²) in [5, 5.41) is 11.6. The maximum absolute atomic E-state index is 12.0. The van der Waals surface area contributed by atoms with Crippen LogP contribution >= 0.6 is 0 Å². The number of benzene rings is 1. The van der Waals surface area contributed by atoms with Crippen molar-refractivity contribution < 1.29 is 5.11 Å². The van der Waals surface area contributed by atoms with Gasteiger partial charge in [0.15, 0.2) is 0 Å². The Labute approximate surface area is 111 Å². The monoisotopic (exact) mass is 258 g/mol. The minimum atomic E-state index is -0.576. The quantitative estimate of drug-likeness (QED) is 0.821. The Morgan fingerprint density at radius 2 is 1.95 bits per heavy atom. The average Bonchev–Trinajstić information content (AvgIpc) is 2.38. The number of nitrogens with one attached hydrogen (secondary N) is 1. The van der Waals surface area contributed by atoms with E-state index in [2.05, 4.69) is 9.88 Å². The third kappa shape index (κ3) is 2.36. The molecule has 0 atom stereocenters. The van der Waals surface area contributed by atoms with Crippen molar-refractivity contribution in [1.29, 1.82) is 0 Å². The fraction of sp³-hybridized carbons (Fsp3) is 0.400. The summed E-state index contributed by atoms with van der Waals surface area (Å²) in [5.41, 5.74) is -0.626. The van der Waals surface area contributed by atoms with Gasteiger partial charge in [-0.25, -0.2) is 0 Å². The Morgan fingerprint density at radius 3 is 2.68 bits per heavy atom. The molecule has 19 heavy (non-hydrogen) atoms. The first-order chi connectivity index (χ1) is 9.05. The first-order valence-electron chi connectivity index (χ1n) is 6.65. The zero-order valence-corrected chi connectivity index (χ0v) is 11.0. The normalized spacial score (nSPS) is 18.7. The second kappa shape index (κ2) is 4.38. The molecule has 1 saturated heterocycles. The molecule has 1 fully saturated rings. The van der Waals surface area contributed by atoms with E-state index in [0.717, 1.165) is 42.5 Å². The number of aromatic nitrogens is 1. The van der Waals surface area contributed by atoms with Gasteiger partial charge in [0.25, 0.3) is 5.56 Å². The topological polar surface area (TPSA) is 56.3 Å². The van der Waals surface area contributed by atoms with Crippen LogP contribution in [0.1, 0.15) is 19.8 Å². The van der Waals surface area contributed by atoms with E-state index in [-0.39, 0.29) is 5.56 Å². The third-order valence-electron chi connectivity index (χ3n) is 3.92. The number of aromatic amines is 1. The van der Waals surface area contributed by atoms with E-state index >= 15 is 0 Å². The predicted octanol–water partition coefficient (Wildman–Crippen LogP) is 1.88. The second-order valence-electron chi connectivity index (χ2n) is 5.55. The molecule has 1 aliphatic rings. The molecule has 2 aromatic rings. The number of H-pyrrole nitrogens is 1. The number of hydrogen-bond acceptors (Lipinski definition) is 3. The van der Waals surface area contributed by atoms with Gasteiger partial charge < -0.3 is 15.0 Å². The fourth-order valence-electron chi connectivity index (χ4n) is 2.60. The summed E-state index contributed by atoms with van der Waals surface area (Å²) in [6.45, 7) is 3.40. The van der Waals surface area contributed by atoms with Gasteiger partial charge in [-0.3, -0.25) is 4.79 Å². The van der Waals surface area contributed by atoms with Gasteiger partial charge in [-0.05, 0) is 37.3 Å². The number of piperidine rings is 1. The van der Waals surface area contributed by atoms with E-state index in [9.17, 15) is 9.90 Å². The molecule has 0 bridgehead atoms. The van der Waals surface area contributed by atoms with Gasteiger partial charge in [0.2, 0.25) is 0 Å². The standard InChI is InChI=1S/C15H18N2O2/c1-15(19)6-8-17(9-7-15)13-10-11-4-2-3-5-12(11)14(18)16-13/h2-5,10,19H,6-9H2,1H3,(H,16,18). The Balaban J connectivity index is 1.96. The summed E-state index contributed by atoms with van der Waals surface area (Å²) in [5.74, 6) is 0.846. The van der Waals surface area contributed by atoms with Gasteiger partial charge in [-0.15, -0.1) is 0 Å². The highest BCUT2D eigenvalue weighted by molar-refractivity contribution is 5.83. The summed E-state index contributed by atoms with van der Waals surface area (Å²) < 4.78 is 0. The number of nitrogens with zero attached hydrogens (tertiary/aromatic N) is 1. The summed E-state index contributed by atoms with van der Waals surface area (Å²) in [4.78, 5) is 17.1. The predicted molar refractivity (Wildman–Crippen MR) is 76.6 cm³/mol. The first-order valence-corrected chi connectivity index (χ1v) is 6.65. The van der Waals surface area contributed by atoms with Crippen LogP contribution in [-0.2, 0) is 0 Å². The molecule has 0 unspecified atom stereocenters. The van der Waals surface area contributed by atoms with E-state index in [4.69, 9.17) is 0 Å². The molecule has 1 aromatic carbocycles. The molecule has 0 amide bonds. The molecule has 100 valence electrons. The van der Waals surface area contributed by atoms with E-state index in [1.165, 1.54) is 0 Å². The molecule has 4 nitrogen and oxygen atoms in total. The Bertz CT molecular complexity index is 650. The maximum atomic E-state index is 12.0. The molecule has 0 radical (unpaired) electrons. The zero-order valence-electron chi connectivity index (χ0n) is 11.0. The van der Waals surface area contributed by atoms with E-state index in [1.807, 2.05) is 37.3 Å². The van der Waals surface area contributed by atoms with Crippen molar-refractivity contribution in [2.75, 3.05) is 18.0 Å². The van der Waals surface area contributed by atoms with Crippen molar-refractivity contribution in [1.82, 2.24) is 4.98 Å². The van der Waals surface area contributed by atoms with Crippen LogP contribution in [0.15, 0.2) is 35.1 Å². The lowest BCUT2D eigenvalue weighted by Gasteiger charge is -2.36. The van der Waals surface area contributed by atoms with E-state index in [0.29, 0.717) is 0 Å². The highest BCUT2D eigenvalue weighted by Gasteiger charge is 2.27. The van der Waals surface area contributed by atoms with Gasteiger partial charge >= 0.3 is 0 Å². The minimum absolute atomic E-state index is 0.0505. The van der Waals surface area contributed by atoms with Gasteiger partial charge in [0.1, 0.15) is 5.82 Å². The van der Waals surface area contributed by atoms with E-state index < -0.39 is 5.60 Å². The summed E-state index contributed by atoms with van der Waals surface area (Å²) in [7, 11) is 0. The van der Waals surface area contributed by atoms with Crippen LogP contribution in [-0.4, -0.2) is 28.8 Å². The van der Waals surface area contributed by atoms with Crippen LogP contribution < -0.4 is 10.5 Å². The van der Waals surface area contributed by atoms with Crippen LogP contribution in [0.5, 0.6) is 0 Å². The number of fused-ring (bicyclic) bond motifs is 1. The second-order valence-corrected chi connectivity index (χ2v) is 5.55. The number of pyridine rings is 1. The zero-order chi connectivity index (χ0) is 13.5. The number of aliphatic hydroxyl groups is 1. The van der Waals surface area contributed by atoms with Crippen LogP contribution in [0.2, 0.25) is 0 Å². The Kier molecular flexibility index (Phi) is 2.82. The average molecular weight is 258 g/mol. The number of anilines is 1. The highest BCUT2D eigenvalue weighted by atomic mass is 16.3. The molecule has 2 heterocycles. The number of hydrogen-bond donors (Lipinski definition) is 2. The molecule has 0 spiro atoms. The maximum Gasteiger partial charge on any atom is 0.257 e. The van der Waals surface area contributed by atoms with Crippen molar-refractivity contribution >= 4 is 16.6 Å². The molecule has 0 saturated carbocycles. The summed E-state index contributed by atoms with van der Waals surface area (Å²) in [6.07, 6.45) is 1.45. The highest BCUT2D eigenvalue weighted by Crippen LogP contribution is 2.25.